The number of aromatic nitrogens is 2. The van der Waals surface area contributed by atoms with Gasteiger partial charge in [0.2, 0.25) is 5.91 Å². The highest BCUT2D eigenvalue weighted by atomic mass is 35.5. The fourth-order valence-electron chi connectivity index (χ4n) is 2.73. The van der Waals surface area contributed by atoms with Gasteiger partial charge in [0.15, 0.2) is 0 Å². The molecule has 8 heteroatoms. The zero-order chi connectivity index (χ0) is 19.2. The molecule has 0 saturated heterocycles. The number of amides is 1. The van der Waals surface area contributed by atoms with Crippen molar-refractivity contribution >= 4 is 40.9 Å². The van der Waals surface area contributed by atoms with Gasteiger partial charge in [-0.3, -0.25) is 4.79 Å². The van der Waals surface area contributed by atoms with E-state index in [0.717, 1.165) is 17.5 Å². The van der Waals surface area contributed by atoms with Crippen LogP contribution in [0.15, 0.2) is 48.5 Å². The van der Waals surface area contributed by atoms with E-state index in [1.54, 1.807) is 24.3 Å². The van der Waals surface area contributed by atoms with Crippen LogP contribution < -0.4 is 15.8 Å². The third kappa shape index (κ3) is 5.86. The molecule has 1 aromatic heterocycles. The number of hydrogen-bond donors (Lipinski definition) is 2. The Labute approximate surface area is 175 Å². The van der Waals surface area contributed by atoms with Crippen molar-refractivity contribution in [1.82, 2.24) is 14.9 Å². The van der Waals surface area contributed by atoms with Crippen LogP contribution in [-0.4, -0.2) is 28.0 Å². The molecular formula is C20H24Cl2N4O2. The standard InChI is InChI=1S/C20H23ClN4O2.ClH/c1-14(22)10-11-23-20(26)12-25-18-5-3-2-4-17(18)24-19(25)13-27-16-8-6-15(21)7-9-16;/h2-9,14H,10-13,22H2,1H3,(H,23,26);1H. The average molecular weight is 423 g/mol. The molecule has 3 N–H and O–H groups in total. The van der Waals surface area contributed by atoms with E-state index >= 15 is 0 Å². The van der Waals surface area contributed by atoms with Gasteiger partial charge >= 0.3 is 0 Å². The van der Waals surface area contributed by atoms with E-state index in [9.17, 15) is 4.79 Å². The number of fused-ring (bicyclic) bond motifs is 1. The molecule has 0 saturated carbocycles. The number of para-hydroxylation sites is 2. The summed E-state index contributed by atoms with van der Waals surface area (Å²) in [5.41, 5.74) is 7.45. The molecule has 0 fully saturated rings. The molecule has 1 atom stereocenters. The minimum atomic E-state index is -0.0773. The zero-order valence-electron chi connectivity index (χ0n) is 15.6. The minimum Gasteiger partial charge on any atom is -0.486 e. The van der Waals surface area contributed by atoms with Crippen molar-refractivity contribution in [2.75, 3.05) is 6.54 Å². The van der Waals surface area contributed by atoms with E-state index < -0.39 is 0 Å². The second-order valence-electron chi connectivity index (χ2n) is 6.46. The first-order valence-electron chi connectivity index (χ1n) is 8.87. The van der Waals surface area contributed by atoms with Crippen LogP contribution in [0.5, 0.6) is 5.75 Å². The maximum Gasteiger partial charge on any atom is 0.240 e. The van der Waals surface area contributed by atoms with Crippen LogP contribution >= 0.6 is 24.0 Å². The molecule has 0 aliphatic carbocycles. The van der Waals surface area contributed by atoms with Crippen molar-refractivity contribution in [3.05, 3.63) is 59.4 Å². The SMILES string of the molecule is CC(N)CCNC(=O)Cn1c(COc2ccc(Cl)cc2)nc2ccccc21.Cl. The van der Waals surface area contributed by atoms with Crippen molar-refractivity contribution in [2.45, 2.75) is 32.5 Å². The molecule has 1 unspecified atom stereocenters. The average Bonchev–Trinajstić information content (AvgIpc) is 2.98. The number of nitrogens with zero attached hydrogens (tertiary/aromatic N) is 2. The molecule has 3 rings (SSSR count). The van der Waals surface area contributed by atoms with E-state index in [4.69, 9.17) is 22.1 Å². The minimum absolute atomic E-state index is 0. The Morgan fingerprint density at radius 2 is 1.96 bits per heavy atom. The lowest BCUT2D eigenvalue weighted by molar-refractivity contribution is -0.121. The van der Waals surface area contributed by atoms with Crippen LogP contribution in [-0.2, 0) is 17.9 Å². The van der Waals surface area contributed by atoms with Gasteiger partial charge in [-0.25, -0.2) is 4.98 Å². The lowest BCUT2D eigenvalue weighted by Gasteiger charge is -2.12. The first-order chi connectivity index (χ1) is 13.0. The Balaban J connectivity index is 0.00000280. The number of ether oxygens (including phenoxy) is 1. The normalized spacial score (nSPS) is 11.7. The van der Waals surface area contributed by atoms with Gasteiger partial charge in [0.05, 0.1) is 11.0 Å². The zero-order valence-corrected chi connectivity index (χ0v) is 17.2. The number of benzene rings is 2. The molecule has 0 spiro atoms. The Kier molecular flexibility index (Phi) is 8.11. The van der Waals surface area contributed by atoms with Gasteiger partial charge < -0.3 is 20.4 Å². The summed E-state index contributed by atoms with van der Waals surface area (Å²) in [5, 5.41) is 3.55. The van der Waals surface area contributed by atoms with Crippen molar-refractivity contribution < 1.29 is 9.53 Å². The number of hydrogen-bond acceptors (Lipinski definition) is 4. The second kappa shape index (κ2) is 10.3. The maximum atomic E-state index is 12.3. The van der Waals surface area contributed by atoms with Gasteiger partial charge in [-0.05, 0) is 49.7 Å². The molecule has 2 aromatic carbocycles. The Morgan fingerprint density at radius 1 is 1.25 bits per heavy atom. The lowest BCUT2D eigenvalue weighted by Crippen LogP contribution is -2.32. The van der Waals surface area contributed by atoms with E-state index in [2.05, 4.69) is 10.3 Å². The summed E-state index contributed by atoms with van der Waals surface area (Å²) in [6.07, 6.45) is 0.739. The number of rotatable bonds is 8. The first-order valence-corrected chi connectivity index (χ1v) is 9.25. The van der Waals surface area contributed by atoms with Gasteiger partial charge in [-0.15, -0.1) is 12.4 Å². The summed E-state index contributed by atoms with van der Waals surface area (Å²) in [4.78, 5) is 17.0. The molecule has 3 aromatic rings. The Morgan fingerprint density at radius 3 is 2.68 bits per heavy atom. The number of nitrogens with two attached hydrogens (primary N) is 1. The number of imidazole rings is 1. The summed E-state index contributed by atoms with van der Waals surface area (Å²) < 4.78 is 7.70. The Hall–Kier alpha value is -2.28. The summed E-state index contributed by atoms with van der Waals surface area (Å²) >= 11 is 5.90. The number of carbonyl (C=O) groups excluding carboxylic acids is 1. The molecule has 0 aliphatic heterocycles. The van der Waals surface area contributed by atoms with Crippen molar-refractivity contribution in [3.8, 4) is 5.75 Å². The van der Waals surface area contributed by atoms with Crippen molar-refractivity contribution in [3.63, 3.8) is 0 Å². The van der Waals surface area contributed by atoms with E-state index in [1.807, 2.05) is 35.8 Å². The van der Waals surface area contributed by atoms with Crippen molar-refractivity contribution in [2.24, 2.45) is 5.73 Å². The van der Waals surface area contributed by atoms with Gasteiger partial charge in [-0.2, -0.15) is 0 Å². The summed E-state index contributed by atoms with van der Waals surface area (Å²) in [7, 11) is 0. The molecule has 1 heterocycles. The fraction of sp³-hybridized carbons (Fsp3) is 0.300. The molecule has 150 valence electrons. The highest BCUT2D eigenvalue weighted by Crippen LogP contribution is 2.20. The quantitative estimate of drug-likeness (QED) is 0.581. The highest BCUT2D eigenvalue weighted by Gasteiger charge is 2.14. The topological polar surface area (TPSA) is 82.2 Å². The lowest BCUT2D eigenvalue weighted by atomic mass is 10.2. The predicted molar refractivity (Wildman–Crippen MR) is 114 cm³/mol. The largest absolute Gasteiger partial charge is 0.486 e. The molecule has 6 nitrogen and oxygen atoms in total. The molecule has 0 bridgehead atoms. The van der Waals surface area contributed by atoms with Crippen LogP contribution in [0.3, 0.4) is 0 Å². The van der Waals surface area contributed by atoms with Crippen LogP contribution in [0.2, 0.25) is 5.02 Å². The number of halogens is 2. The van der Waals surface area contributed by atoms with Crippen LogP contribution in [0, 0.1) is 0 Å². The van der Waals surface area contributed by atoms with Gasteiger partial charge in [0.1, 0.15) is 24.7 Å². The monoisotopic (exact) mass is 422 g/mol. The number of carbonyl (C=O) groups is 1. The third-order valence-electron chi connectivity index (χ3n) is 4.14. The van der Waals surface area contributed by atoms with Crippen LogP contribution in [0.1, 0.15) is 19.2 Å². The number of nitrogens with one attached hydrogen (secondary N) is 1. The second-order valence-corrected chi connectivity index (χ2v) is 6.90. The predicted octanol–water partition coefficient (Wildman–Crippen LogP) is 3.54. The smallest absolute Gasteiger partial charge is 0.240 e. The van der Waals surface area contributed by atoms with Gasteiger partial charge in [-0.1, -0.05) is 23.7 Å². The molecule has 0 aliphatic rings. The first kappa shape index (κ1) is 22.0. The summed E-state index contributed by atoms with van der Waals surface area (Å²) in [6.45, 7) is 2.91. The van der Waals surface area contributed by atoms with E-state index in [0.29, 0.717) is 23.1 Å². The molecule has 28 heavy (non-hydrogen) atoms. The molecule has 1 amide bonds. The third-order valence-corrected chi connectivity index (χ3v) is 4.39. The maximum absolute atomic E-state index is 12.3. The molecule has 0 radical (unpaired) electrons. The van der Waals surface area contributed by atoms with Crippen LogP contribution in [0.4, 0.5) is 0 Å². The van der Waals surface area contributed by atoms with Gasteiger partial charge in [0, 0.05) is 17.6 Å². The Bertz CT molecular complexity index is 910. The van der Waals surface area contributed by atoms with E-state index in [-0.39, 0.29) is 37.5 Å². The van der Waals surface area contributed by atoms with Gasteiger partial charge in [0.25, 0.3) is 0 Å². The van der Waals surface area contributed by atoms with Crippen molar-refractivity contribution in [1.29, 1.82) is 0 Å². The summed E-state index contributed by atoms with van der Waals surface area (Å²) in [5.74, 6) is 1.31. The van der Waals surface area contributed by atoms with Crippen LogP contribution in [0.25, 0.3) is 11.0 Å². The summed E-state index contributed by atoms with van der Waals surface area (Å²) in [6, 6.07) is 14.9. The highest BCUT2D eigenvalue weighted by molar-refractivity contribution is 6.30. The van der Waals surface area contributed by atoms with E-state index in [1.165, 1.54) is 0 Å². The molecular weight excluding hydrogens is 399 g/mol. The fourth-order valence-corrected chi connectivity index (χ4v) is 2.86.